The molecule has 0 radical (unpaired) electrons. The number of aromatic amines is 1. The summed E-state index contributed by atoms with van der Waals surface area (Å²) >= 11 is 0. The largest absolute Gasteiger partial charge is 0.492 e. The van der Waals surface area contributed by atoms with Crippen molar-refractivity contribution in [2.45, 2.75) is 57.3 Å². The van der Waals surface area contributed by atoms with E-state index in [2.05, 4.69) is 36.3 Å². The van der Waals surface area contributed by atoms with Crippen LogP contribution in [-0.2, 0) is 38.6 Å². The van der Waals surface area contributed by atoms with Crippen LogP contribution >= 0.6 is 0 Å². The van der Waals surface area contributed by atoms with Gasteiger partial charge in [0.15, 0.2) is 5.82 Å². The summed E-state index contributed by atoms with van der Waals surface area (Å²) in [7, 11) is 0. The molecule has 4 amide bonds. The fraction of sp³-hybridized carbons (Fsp3) is 0.316. The van der Waals surface area contributed by atoms with Gasteiger partial charge in [-0.25, -0.2) is 9.67 Å². The molecule has 6 N–H and O–H groups in total. The van der Waals surface area contributed by atoms with Gasteiger partial charge in [0.05, 0.1) is 19.2 Å². The molecule has 0 unspecified atom stereocenters. The molecule has 7 rings (SSSR count). The number of amides is 4. The molecular weight excluding hydrogens is 664 g/mol. The summed E-state index contributed by atoms with van der Waals surface area (Å²) in [4.78, 5) is 61.2. The molecule has 0 fully saturated rings. The number of aromatic nitrogens is 4. The standard InChI is InChI=1S/C38H42N8O6/c1-24-36-44-35(26-8-3-2-4-9-26)45-46(36)22-34(49)39-18-19-52-28-16-14-25(15-17-28)20-31(37(50)43-32(23-47)38(51)41-24)42-33(48)13-7-10-27-21-40-30-12-6-5-11-29(27)30/h2-6,8-9,11-12,14-17,21,24,31-32,40,47H,7,10,13,18-20,22-23H2,1H3,(H,39,49)(H,41,51)(H,42,48)(H,43,50)/t24-,31-,32-/m0/s1. The maximum atomic E-state index is 13.7. The first kappa shape index (κ1) is 35.8. The predicted molar refractivity (Wildman–Crippen MR) is 193 cm³/mol. The molecule has 14 heteroatoms. The first-order valence-corrected chi connectivity index (χ1v) is 17.3. The molecular formula is C38H42N8O6. The molecule has 2 bridgehead atoms. The molecule has 0 saturated heterocycles. The van der Waals surface area contributed by atoms with E-state index in [1.165, 1.54) is 4.68 Å². The second-order valence-electron chi connectivity index (χ2n) is 12.7. The number of hydrogen-bond donors (Lipinski definition) is 6. The van der Waals surface area contributed by atoms with Crippen LogP contribution in [0.15, 0.2) is 85.1 Å². The van der Waals surface area contributed by atoms with Gasteiger partial charge in [0.25, 0.3) is 0 Å². The first-order valence-electron chi connectivity index (χ1n) is 17.3. The summed E-state index contributed by atoms with van der Waals surface area (Å²) in [6.45, 7) is 1.23. The highest BCUT2D eigenvalue weighted by Gasteiger charge is 2.29. The van der Waals surface area contributed by atoms with Crippen molar-refractivity contribution in [2.24, 2.45) is 0 Å². The third kappa shape index (κ3) is 9.01. The Hall–Kier alpha value is -6.02. The zero-order valence-electron chi connectivity index (χ0n) is 28.8. The topological polar surface area (TPSA) is 192 Å². The summed E-state index contributed by atoms with van der Waals surface area (Å²) in [5.41, 5.74) is 3.59. The number of carbonyl (C=O) groups is 4. The Morgan fingerprint density at radius 3 is 2.54 bits per heavy atom. The van der Waals surface area contributed by atoms with Crippen molar-refractivity contribution in [3.8, 4) is 17.1 Å². The third-order valence-corrected chi connectivity index (χ3v) is 8.82. The van der Waals surface area contributed by atoms with Crippen LogP contribution in [0.25, 0.3) is 22.3 Å². The number of H-pyrrole nitrogens is 1. The summed E-state index contributed by atoms with van der Waals surface area (Å²) in [6.07, 6.45) is 3.48. The van der Waals surface area contributed by atoms with Crippen LogP contribution in [0, 0.1) is 0 Å². The predicted octanol–water partition coefficient (Wildman–Crippen LogP) is 2.34. The van der Waals surface area contributed by atoms with Gasteiger partial charge in [-0.1, -0.05) is 60.7 Å². The summed E-state index contributed by atoms with van der Waals surface area (Å²) in [6, 6.07) is 21.1. The van der Waals surface area contributed by atoms with Gasteiger partial charge in [-0.3, -0.25) is 19.2 Å². The van der Waals surface area contributed by atoms with Gasteiger partial charge < -0.3 is 36.1 Å². The normalized spacial score (nSPS) is 18.8. The number of hydrogen-bond acceptors (Lipinski definition) is 8. The first-order chi connectivity index (χ1) is 25.3. The minimum Gasteiger partial charge on any atom is -0.492 e. The van der Waals surface area contributed by atoms with E-state index in [4.69, 9.17) is 4.74 Å². The monoisotopic (exact) mass is 706 g/mol. The maximum absolute atomic E-state index is 13.7. The number of aryl methyl sites for hydroxylation is 1. The Bertz CT molecular complexity index is 2010. The summed E-state index contributed by atoms with van der Waals surface area (Å²) < 4.78 is 7.23. The van der Waals surface area contributed by atoms with Crippen molar-refractivity contribution >= 4 is 34.5 Å². The van der Waals surface area contributed by atoms with E-state index in [0.717, 1.165) is 27.6 Å². The Kier molecular flexibility index (Phi) is 11.6. The number of nitrogens with zero attached hydrogens (tertiary/aromatic N) is 3. The van der Waals surface area contributed by atoms with Crippen molar-refractivity contribution in [3.05, 3.63) is 102 Å². The number of carbonyl (C=O) groups excluding carboxylic acids is 4. The van der Waals surface area contributed by atoms with E-state index in [1.54, 1.807) is 31.2 Å². The quantitative estimate of drug-likeness (QED) is 0.149. The lowest BCUT2D eigenvalue weighted by Gasteiger charge is -2.24. The van der Waals surface area contributed by atoms with Crippen molar-refractivity contribution < 1.29 is 29.0 Å². The smallest absolute Gasteiger partial charge is 0.245 e. The summed E-state index contributed by atoms with van der Waals surface area (Å²) in [5, 5.41) is 26.9. The molecule has 0 saturated carbocycles. The van der Waals surface area contributed by atoms with Gasteiger partial charge in [-0.15, -0.1) is 0 Å². The van der Waals surface area contributed by atoms with E-state index in [0.29, 0.717) is 30.2 Å². The number of benzene rings is 3. The molecule has 0 aliphatic carbocycles. The second-order valence-corrected chi connectivity index (χ2v) is 12.7. The SMILES string of the molecule is C[C@@H]1NC(=O)[C@H](CO)NC(=O)[C@@H](NC(=O)CCCc2c[nH]c3ccccc23)Cc2ccc(cc2)OCCNC(=O)Cn2nc(-c3ccccc3)nc21. The molecule has 0 spiro atoms. The molecule has 270 valence electrons. The molecule has 52 heavy (non-hydrogen) atoms. The van der Waals surface area contributed by atoms with Crippen molar-refractivity contribution in [3.63, 3.8) is 0 Å². The van der Waals surface area contributed by atoms with Gasteiger partial charge in [-0.05, 0) is 49.1 Å². The fourth-order valence-electron chi connectivity index (χ4n) is 6.11. The Morgan fingerprint density at radius 1 is 0.981 bits per heavy atom. The lowest BCUT2D eigenvalue weighted by Crippen LogP contribution is -2.55. The summed E-state index contributed by atoms with van der Waals surface area (Å²) in [5.74, 6) is -0.731. The minimum absolute atomic E-state index is 0.123. The highest BCUT2D eigenvalue weighted by molar-refractivity contribution is 5.92. The minimum atomic E-state index is -1.34. The number of ether oxygens (including phenoxy) is 1. The zero-order chi connectivity index (χ0) is 36.5. The Balaban J connectivity index is 1.19. The molecule has 3 atom stereocenters. The Morgan fingerprint density at radius 2 is 1.75 bits per heavy atom. The van der Waals surface area contributed by atoms with Crippen LogP contribution in [0.1, 0.15) is 42.8 Å². The average Bonchev–Trinajstić information content (AvgIpc) is 3.77. The molecule has 2 aromatic heterocycles. The van der Waals surface area contributed by atoms with E-state index < -0.39 is 36.5 Å². The average molecular weight is 707 g/mol. The van der Waals surface area contributed by atoms with Gasteiger partial charge in [0.1, 0.15) is 36.8 Å². The van der Waals surface area contributed by atoms with Crippen LogP contribution in [0.4, 0.5) is 0 Å². The van der Waals surface area contributed by atoms with Crippen LogP contribution in [0.3, 0.4) is 0 Å². The van der Waals surface area contributed by atoms with E-state index in [-0.39, 0.29) is 44.4 Å². The molecule has 2 aliphatic heterocycles. The van der Waals surface area contributed by atoms with Crippen molar-refractivity contribution in [1.29, 1.82) is 0 Å². The number of aliphatic hydroxyl groups is 1. The number of para-hydroxylation sites is 1. The number of nitrogens with one attached hydrogen (secondary N) is 5. The third-order valence-electron chi connectivity index (χ3n) is 8.82. The number of rotatable bonds is 7. The van der Waals surface area contributed by atoms with Crippen LogP contribution < -0.4 is 26.0 Å². The highest BCUT2D eigenvalue weighted by Crippen LogP contribution is 2.21. The molecule has 4 heterocycles. The zero-order valence-corrected chi connectivity index (χ0v) is 28.8. The number of aliphatic hydroxyl groups excluding tert-OH is 1. The van der Waals surface area contributed by atoms with Crippen LogP contribution in [0.2, 0.25) is 0 Å². The van der Waals surface area contributed by atoms with Gasteiger partial charge in [0.2, 0.25) is 23.6 Å². The highest BCUT2D eigenvalue weighted by atomic mass is 16.5. The lowest BCUT2D eigenvalue weighted by molar-refractivity contribution is -0.133. The molecule has 3 aromatic carbocycles. The van der Waals surface area contributed by atoms with Gasteiger partial charge in [-0.2, -0.15) is 5.10 Å². The fourth-order valence-corrected chi connectivity index (χ4v) is 6.11. The Labute approximate surface area is 300 Å². The van der Waals surface area contributed by atoms with Crippen LogP contribution in [0.5, 0.6) is 5.75 Å². The molecule has 5 aromatic rings. The van der Waals surface area contributed by atoms with Gasteiger partial charge >= 0.3 is 0 Å². The number of fused-ring (bicyclic) bond motifs is 15. The van der Waals surface area contributed by atoms with E-state index >= 15 is 0 Å². The molecule has 14 nitrogen and oxygen atoms in total. The maximum Gasteiger partial charge on any atom is 0.245 e. The second kappa shape index (κ2) is 16.8. The van der Waals surface area contributed by atoms with Gasteiger partial charge in [0, 0.05) is 35.5 Å². The van der Waals surface area contributed by atoms with E-state index in [1.807, 2.05) is 60.8 Å². The van der Waals surface area contributed by atoms with E-state index in [9.17, 15) is 24.3 Å². The van der Waals surface area contributed by atoms with Crippen molar-refractivity contribution in [1.82, 2.24) is 41.0 Å². The lowest BCUT2D eigenvalue weighted by atomic mass is 10.0. The van der Waals surface area contributed by atoms with Crippen LogP contribution in [-0.4, -0.2) is 80.3 Å². The molecule has 2 aliphatic rings. The van der Waals surface area contributed by atoms with Crippen molar-refractivity contribution in [2.75, 3.05) is 19.8 Å².